The summed E-state index contributed by atoms with van der Waals surface area (Å²) in [5, 5.41) is 0. The van der Waals surface area contributed by atoms with Crippen LogP contribution in [0.25, 0.3) is 0 Å². The second-order valence-electron chi connectivity index (χ2n) is 7.98. The zero-order chi connectivity index (χ0) is 25.5. The van der Waals surface area contributed by atoms with Gasteiger partial charge in [0.05, 0.1) is 11.3 Å². The topological polar surface area (TPSA) is 24.8 Å². The van der Waals surface area contributed by atoms with Crippen LogP contribution in [0.2, 0.25) is 0 Å². The number of likely N-dealkylation sites (tertiary alicyclic amines) is 1. The van der Waals surface area contributed by atoms with Crippen LogP contribution in [0.15, 0.2) is 75.7 Å². The minimum Gasteiger partial charge on any atom is -0.482 e. The first-order chi connectivity index (χ1) is 16.0. The number of aliphatic imine (C=N–C) groups is 1. The fraction of sp³-hybridized carbons (Fsp3) is 0.423. The maximum Gasteiger partial charge on any atom is 0.416 e. The van der Waals surface area contributed by atoms with Gasteiger partial charge < -0.3 is 9.64 Å². The maximum atomic E-state index is 15.0. The summed E-state index contributed by atoms with van der Waals surface area (Å²) in [5.74, 6) is -0.288. The highest BCUT2D eigenvalue weighted by Crippen LogP contribution is 2.34. The molecule has 0 saturated carbocycles. The van der Waals surface area contributed by atoms with Crippen LogP contribution in [0, 0.1) is 5.82 Å². The molecule has 186 valence electrons. The highest BCUT2D eigenvalue weighted by molar-refractivity contribution is 5.90. The zero-order valence-corrected chi connectivity index (χ0v) is 20.1. The molecule has 1 aliphatic rings. The van der Waals surface area contributed by atoms with Crippen molar-refractivity contribution in [1.29, 1.82) is 0 Å². The van der Waals surface area contributed by atoms with E-state index in [0.29, 0.717) is 36.5 Å². The average molecular weight is 483 g/mol. The number of alkyl halides is 3. The van der Waals surface area contributed by atoms with Crippen molar-refractivity contribution in [3.8, 4) is 5.75 Å². The maximum absolute atomic E-state index is 15.0. The molecule has 0 spiro atoms. The van der Waals surface area contributed by atoms with E-state index in [1.807, 2.05) is 11.8 Å². The number of nitrogens with zero attached hydrogens (tertiary/aromatic N) is 2. The van der Waals surface area contributed by atoms with Crippen LogP contribution >= 0.6 is 0 Å². The molecule has 0 bridgehead atoms. The van der Waals surface area contributed by atoms with E-state index >= 15 is 0 Å². The summed E-state index contributed by atoms with van der Waals surface area (Å²) < 4.78 is 75.1. The standard InChI is InChI=1S/C26H31F5N2O/c1-6-9-18(26(29,30)31)16-21(22(28)8-3)24(17(4)7-2)32-25-23(14-15-33(25)5)34-20-12-10-19(27)11-13-20/h8-13,16,23H,6-7,14-15H2,1-5H3/b18-9-,21-16+,22-8+,24-17?,32-25?. The van der Waals surface area contributed by atoms with Crippen molar-refractivity contribution in [2.75, 3.05) is 13.6 Å². The molecule has 1 aromatic rings. The van der Waals surface area contributed by atoms with Crippen molar-refractivity contribution in [3.05, 3.63) is 76.6 Å². The third-order valence-electron chi connectivity index (χ3n) is 5.48. The zero-order valence-electron chi connectivity index (χ0n) is 20.1. The largest absolute Gasteiger partial charge is 0.482 e. The molecule has 8 heteroatoms. The number of rotatable bonds is 8. The van der Waals surface area contributed by atoms with Gasteiger partial charge in [-0.1, -0.05) is 26.0 Å². The smallest absolute Gasteiger partial charge is 0.416 e. The molecule has 1 heterocycles. The van der Waals surface area contributed by atoms with Crippen molar-refractivity contribution in [1.82, 2.24) is 4.90 Å². The molecular weight excluding hydrogens is 451 g/mol. The van der Waals surface area contributed by atoms with Crippen LogP contribution in [0.3, 0.4) is 0 Å². The van der Waals surface area contributed by atoms with Gasteiger partial charge in [0.15, 0.2) is 6.10 Å². The third kappa shape index (κ3) is 7.05. The molecule has 1 atom stereocenters. The number of halogens is 5. The minimum atomic E-state index is -4.63. The van der Waals surface area contributed by atoms with Crippen molar-refractivity contribution < 1.29 is 26.7 Å². The number of hydrogen-bond donors (Lipinski definition) is 0. The molecule has 0 aromatic heterocycles. The Morgan fingerprint density at radius 2 is 1.85 bits per heavy atom. The Balaban J connectivity index is 2.62. The molecule has 1 unspecified atom stereocenters. The van der Waals surface area contributed by atoms with Gasteiger partial charge in [-0.15, -0.1) is 0 Å². The van der Waals surface area contributed by atoms with Gasteiger partial charge in [0.2, 0.25) is 0 Å². The van der Waals surface area contributed by atoms with Crippen molar-refractivity contribution in [2.24, 2.45) is 4.99 Å². The van der Waals surface area contributed by atoms with E-state index < -0.39 is 29.5 Å². The van der Waals surface area contributed by atoms with E-state index in [9.17, 15) is 22.0 Å². The predicted molar refractivity (Wildman–Crippen MR) is 126 cm³/mol. The van der Waals surface area contributed by atoms with Gasteiger partial charge in [-0.05, 0) is 62.6 Å². The molecule has 0 radical (unpaired) electrons. The van der Waals surface area contributed by atoms with Crippen LogP contribution < -0.4 is 4.74 Å². The Labute approximate surface area is 198 Å². The summed E-state index contributed by atoms with van der Waals surface area (Å²) in [4.78, 5) is 6.49. The number of hydrogen-bond acceptors (Lipinski definition) is 2. The Morgan fingerprint density at radius 1 is 1.21 bits per heavy atom. The highest BCUT2D eigenvalue weighted by atomic mass is 19.4. The van der Waals surface area contributed by atoms with Gasteiger partial charge in [0.25, 0.3) is 0 Å². The molecule has 3 nitrogen and oxygen atoms in total. The van der Waals surface area contributed by atoms with Gasteiger partial charge in [0.1, 0.15) is 23.2 Å². The molecule has 34 heavy (non-hydrogen) atoms. The molecular formula is C26H31F5N2O. The van der Waals surface area contributed by atoms with E-state index in [0.717, 1.165) is 18.2 Å². The molecule has 1 fully saturated rings. The first-order valence-electron chi connectivity index (χ1n) is 11.2. The van der Waals surface area contributed by atoms with Crippen LogP contribution in [-0.2, 0) is 0 Å². The monoisotopic (exact) mass is 482 g/mol. The second kappa shape index (κ2) is 12.0. The van der Waals surface area contributed by atoms with Crippen molar-refractivity contribution in [3.63, 3.8) is 0 Å². The van der Waals surface area contributed by atoms with E-state index in [1.54, 1.807) is 20.9 Å². The second-order valence-corrected chi connectivity index (χ2v) is 7.98. The number of allylic oxidation sites excluding steroid dienone is 6. The summed E-state index contributed by atoms with van der Waals surface area (Å²) in [6.45, 7) is 7.16. The van der Waals surface area contributed by atoms with Crippen LogP contribution in [0.4, 0.5) is 22.0 Å². The predicted octanol–water partition coefficient (Wildman–Crippen LogP) is 7.69. The molecule has 2 rings (SSSR count). The molecule has 0 amide bonds. The summed E-state index contributed by atoms with van der Waals surface area (Å²) in [6.07, 6.45) is -0.997. The highest BCUT2D eigenvalue weighted by Gasteiger charge is 2.34. The lowest BCUT2D eigenvalue weighted by molar-refractivity contribution is -0.0884. The Bertz CT molecular complexity index is 1000. The summed E-state index contributed by atoms with van der Waals surface area (Å²) >= 11 is 0. The lowest BCUT2D eigenvalue weighted by atomic mass is 10.0. The van der Waals surface area contributed by atoms with E-state index in [1.165, 1.54) is 31.2 Å². The third-order valence-corrected chi connectivity index (χ3v) is 5.48. The molecule has 0 aliphatic carbocycles. The lowest BCUT2D eigenvalue weighted by Crippen LogP contribution is -2.30. The number of benzene rings is 1. The van der Waals surface area contributed by atoms with Crippen LogP contribution in [-0.4, -0.2) is 36.6 Å². The first-order valence-corrected chi connectivity index (χ1v) is 11.2. The summed E-state index contributed by atoms with van der Waals surface area (Å²) in [5.41, 5.74) is -0.384. The Morgan fingerprint density at radius 3 is 2.38 bits per heavy atom. The van der Waals surface area contributed by atoms with Crippen LogP contribution in [0.1, 0.15) is 47.0 Å². The Kier molecular flexibility index (Phi) is 9.65. The summed E-state index contributed by atoms with van der Waals surface area (Å²) in [6, 6.07) is 5.54. The molecule has 1 saturated heterocycles. The first kappa shape index (κ1) is 27.3. The van der Waals surface area contributed by atoms with Gasteiger partial charge in [0, 0.05) is 25.6 Å². The minimum absolute atomic E-state index is 0.140. The van der Waals surface area contributed by atoms with Gasteiger partial charge in [-0.25, -0.2) is 13.8 Å². The van der Waals surface area contributed by atoms with E-state index in [4.69, 9.17) is 4.74 Å². The van der Waals surface area contributed by atoms with Gasteiger partial charge in [-0.2, -0.15) is 13.2 Å². The Hall–Kier alpha value is -2.90. The van der Waals surface area contributed by atoms with Gasteiger partial charge in [-0.3, -0.25) is 0 Å². The quantitative estimate of drug-likeness (QED) is 0.280. The number of ether oxygens (including phenoxy) is 1. The van der Waals surface area contributed by atoms with Crippen molar-refractivity contribution >= 4 is 5.84 Å². The summed E-state index contributed by atoms with van der Waals surface area (Å²) in [7, 11) is 1.79. The van der Waals surface area contributed by atoms with Crippen molar-refractivity contribution in [2.45, 2.75) is 59.2 Å². The fourth-order valence-corrected chi connectivity index (χ4v) is 3.45. The van der Waals surface area contributed by atoms with Gasteiger partial charge >= 0.3 is 6.18 Å². The number of amidine groups is 1. The molecule has 1 aromatic carbocycles. The SMILES string of the molecule is C\C=C(F)/C(=C\C(=C\CC)C(F)(F)F)C(N=C1C(Oc2ccc(F)cc2)CCN1C)=C(C)CC. The lowest BCUT2D eigenvalue weighted by Gasteiger charge is -2.20. The fourth-order valence-electron chi connectivity index (χ4n) is 3.45. The average Bonchev–Trinajstić information content (AvgIpc) is 3.13. The number of likely N-dealkylation sites (N-methyl/N-ethyl adjacent to an activating group) is 1. The molecule has 0 N–H and O–H groups in total. The van der Waals surface area contributed by atoms with E-state index in [2.05, 4.69) is 4.99 Å². The van der Waals surface area contributed by atoms with E-state index in [-0.39, 0.29) is 17.7 Å². The normalized spacial score (nSPS) is 20.2. The van der Waals surface area contributed by atoms with Crippen LogP contribution in [0.5, 0.6) is 5.75 Å². The molecule has 1 aliphatic heterocycles.